The molecule has 0 spiro atoms. The summed E-state index contributed by atoms with van der Waals surface area (Å²) in [6, 6.07) is 30.4. The lowest BCUT2D eigenvalue weighted by Crippen LogP contribution is -2.30. The van der Waals surface area contributed by atoms with Gasteiger partial charge in [-0.3, -0.25) is 0 Å². The van der Waals surface area contributed by atoms with Crippen molar-refractivity contribution in [3.05, 3.63) is 130 Å². The van der Waals surface area contributed by atoms with Gasteiger partial charge in [-0.2, -0.15) is 0 Å². The lowest BCUT2D eigenvalue weighted by molar-refractivity contribution is 0.0694. The highest BCUT2D eigenvalue weighted by molar-refractivity contribution is 5.91. The molecule has 0 unspecified atom stereocenters. The van der Waals surface area contributed by atoms with Gasteiger partial charge >= 0.3 is 11.9 Å². The van der Waals surface area contributed by atoms with Crippen LogP contribution in [0.4, 0.5) is 5.69 Å². The van der Waals surface area contributed by atoms with Crippen molar-refractivity contribution >= 4 is 17.6 Å². The largest absolute Gasteiger partial charge is 0.478 e. The Morgan fingerprint density at radius 2 is 1.54 bits per heavy atom. The van der Waals surface area contributed by atoms with E-state index in [0.717, 1.165) is 23.2 Å². The second-order valence-corrected chi connectivity index (χ2v) is 9.10. The molecular formula is C30H23NO4. The van der Waals surface area contributed by atoms with E-state index in [1.54, 1.807) is 18.2 Å². The number of carboxylic acids is 1. The van der Waals surface area contributed by atoms with Gasteiger partial charge in [-0.15, -0.1) is 0 Å². The van der Waals surface area contributed by atoms with Crippen molar-refractivity contribution in [2.45, 2.75) is 18.4 Å². The monoisotopic (exact) mass is 461 g/mol. The van der Waals surface area contributed by atoms with E-state index < -0.39 is 5.97 Å². The summed E-state index contributed by atoms with van der Waals surface area (Å²) in [6.45, 7) is 0. The number of aromatic carboxylic acids is 1. The Hall–Kier alpha value is -4.38. The summed E-state index contributed by atoms with van der Waals surface area (Å²) in [5, 5.41) is 13.2. The van der Waals surface area contributed by atoms with Crippen LogP contribution in [-0.2, 0) is 6.42 Å². The number of carbonyl (C=O) groups is 2. The number of carboxylic acid groups (broad SMARTS) is 1. The number of carbonyl (C=O) groups excluding carboxylic acids is 1. The molecule has 6 rings (SSSR count). The smallest absolute Gasteiger partial charge is 0.343 e. The maximum Gasteiger partial charge on any atom is 0.343 e. The van der Waals surface area contributed by atoms with E-state index in [-0.39, 0.29) is 23.8 Å². The Balaban J connectivity index is 1.33. The summed E-state index contributed by atoms with van der Waals surface area (Å²) in [5.74, 6) is -0.456. The molecule has 2 N–H and O–H groups in total. The third kappa shape index (κ3) is 3.75. The first-order valence-electron chi connectivity index (χ1n) is 11.7. The van der Waals surface area contributed by atoms with Crippen LogP contribution in [0.15, 0.2) is 97.1 Å². The molecule has 0 aromatic heterocycles. The summed E-state index contributed by atoms with van der Waals surface area (Å²) >= 11 is 0. The fraction of sp³-hybridized carbons (Fsp3) is 0.133. The van der Waals surface area contributed by atoms with Crippen molar-refractivity contribution in [2.75, 3.05) is 5.32 Å². The van der Waals surface area contributed by atoms with Gasteiger partial charge in [0.1, 0.15) is 5.75 Å². The van der Waals surface area contributed by atoms with Crippen molar-refractivity contribution < 1.29 is 19.4 Å². The van der Waals surface area contributed by atoms with E-state index >= 15 is 0 Å². The molecule has 5 nitrogen and oxygen atoms in total. The summed E-state index contributed by atoms with van der Waals surface area (Å²) in [4.78, 5) is 24.1. The van der Waals surface area contributed by atoms with Gasteiger partial charge in [-0.25, -0.2) is 9.59 Å². The normalized spacial score (nSPS) is 19.6. The van der Waals surface area contributed by atoms with E-state index in [1.807, 2.05) is 54.6 Å². The zero-order chi connectivity index (χ0) is 23.9. The number of ether oxygens (including phenoxy) is 1. The van der Waals surface area contributed by atoms with Crippen LogP contribution in [0.1, 0.15) is 54.9 Å². The molecule has 4 aromatic carbocycles. The number of rotatable bonds is 4. The summed E-state index contributed by atoms with van der Waals surface area (Å²) in [5.41, 5.74) is 6.46. The predicted octanol–water partition coefficient (Wildman–Crippen LogP) is 6.08. The molecule has 2 aliphatic rings. The van der Waals surface area contributed by atoms with Crippen LogP contribution in [0.5, 0.6) is 5.75 Å². The highest BCUT2D eigenvalue weighted by Crippen LogP contribution is 2.54. The van der Waals surface area contributed by atoms with E-state index in [4.69, 9.17) is 4.74 Å². The van der Waals surface area contributed by atoms with Gasteiger partial charge in [0, 0.05) is 11.6 Å². The Morgan fingerprint density at radius 3 is 2.31 bits per heavy atom. The molecule has 172 valence electrons. The standard InChI is InChI=1S/C30H23NO4/c32-29(33)21-12-15-26-24(17-21)27-23-9-5-4-8-20(23)16-25(27)28(31-26)18-10-13-22(14-11-18)35-30(34)19-6-2-1-3-7-19/h1-15,17,25,27-28,31H,16H2,(H,32,33)/t25-,27-,28+/m0/s1. The molecule has 0 saturated carbocycles. The Morgan fingerprint density at radius 1 is 0.800 bits per heavy atom. The molecule has 1 aliphatic carbocycles. The van der Waals surface area contributed by atoms with Crippen LogP contribution in [0.3, 0.4) is 0 Å². The summed E-state index contributed by atoms with van der Waals surface area (Å²) in [6.07, 6.45) is 0.903. The van der Waals surface area contributed by atoms with Crippen molar-refractivity contribution in [1.29, 1.82) is 0 Å². The molecule has 0 bridgehead atoms. The second-order valence-electron chi connectivity index (χ2n) is 9.10. The van der Waals surface area contributed by atoms with Gasteiger partial charge in [-0.05, 0) is 77.1 Å². The molecule has 0 radical (unpaired) electrons. The number of esters is 1. The first-order chi connectivity index (χ1) is 17.1. The molecule has 4 aromatic rings. The molecule has 35 heavy (non-hydrogen) atoms. The molecule has 1 aliphatic heterocycles. The highest BCUT2D eigenvalue weighted by atomic mass is 16.5. The lowest BCUT2D eigenvalue weighted by Gasteiger charge is -2.38. The van der Waals surface area contributed by atoms with Crippen LogP contribution in [-0.4, -0.2) is 17.0 Å². The van der Waals surface area contributed by atoms with Gasteiger partial charge in [0.2, 0.25) is 0 Å². The number of anilines is 1. The average Bonchev–Trinajstić information content (AvgIpc) is 3.29. The van der Waals surface area contributed by atoms with Gasteiger partial charge in [0.25, 0.3) is 0 Å². The van der Waals surface area contributed by atoms with Crippen molar-refractivity contribution in [3.8, 4) is 5.75 Å². The number of nitrogens with one attached hydrogen (secondary N) is 1. The third-order valence-corrected chi connectivity index (χ3v) is 7.11. The minimum atomic E-state index is -0.918. The minimum absolute atomic E-state index is 0.0365. The van der Waals surface area contributed by atoms with Crippen molar-refractivity contribution in [2.24, 2.45) is 5.92 Å². The Bertz CT molecular complexity index is 1430. The molecule has 5 heteroatoms. The van der Waals surface area contributed by atoms with E-state index in [0.29, 0.717) is 16.9 Å². The zero-order valence-electron chi connectivity index (χ0n) is 18.8. The van der Waals surface area contributed by atoms with Gasteiger partial charge in [-0.1, -0.05) is 54.6 Å². The van der Waals surface area contributed by atoms with Gasteiger partial charge in [0.15, 0.2) is 0 Å². The van der Waals surface area contributed by atoms with Gasteiger partial charge < -0.3 is 15.2 Å². The molecule has 0 saturated heterocycles. The fourth-order valence-corrected chi connectivity index (χ4v) is 5.51. The highest BCUT2D eigenvalue weighted by Gasteiger charge is 2.43. The lowest BCUT2D eigenvalue weighted by atomic mass is 9.75. The number of benzene rings is 4. The summed E-state index contributed by atoms with van der Waals surface area (Å²) in [7, 11) is 0. The SMILES string of the molecule is O=C(O)c1ccc2c(c1)[C@@H]1c3ccccc3C[C@@H]1[C@@H](c1ccc(OC(=O)c3ccccc3)cc1)N2. The van der Waals surface area contributed by atoms with Crippen LogP contribution in [0, 0.1) is 5.92 Å². The first kappa shape index (κ1) is 21.2. The van der Waals surface area contributed by atoms with Crippen LogP contribution in [0.2, 0.25) is 0 Å². The molecule has 1 heterocycles. The number of hydrogen-bond donors (Lipinski definition) is 2. The fourth-order valence-electron chi connectivity index (χ4n) is 5.51. The number of hydrogen-bond acceptors (Lipinski definition) is 4. The van der Waals surface area contributed by atoms with Crippen LogP contribution in [0.25, 0.3) is 0 Å². The van der Waals surface area contributed by atoms with Gasteiger partial charge in [0.05, 0.1) is 17.2 Å². The quantitative estimate of drug-likeness (QED) is 0.285. The van der Waals surface area contributed by atoms with Crippen molar-refractivity contribution in [1.82, 2.24) is 0 Å². The third-order valence-electron chi connectivity index (χ3n) is 7.11. The minimum Gasteiger partial charge on any atom is -0.478 e. The van der Waals surface area contributed by atoms with Crippen LogP contribution >= 0.6 is 0 Å². The summed E-state index contributed by atoms with van der Waals surface area (Å²) < 4.78 is 5.56. The zero-order valence-corrected chi connectivity index (χ0v) is 18.8. The Kier molecular flexibility index (Phi) is 5.10. The predicted molar refractivity (Wildman–Crippen MR) is 133 cm³/mol. The average molecular weight is 462 g/mol. The Labute approximate surface area is 203 Å². The maximum atomic E-state index is 12.4. The number of fused-ring (bicyclic) bond motifs is 5. The van der Waals surface area contributed by atoms with E-state index in [9.17, 15) is 14.7 Å². The molecule has 3 atom stereocenters. The first-order valence-corrected chi connectivity index (χ1v) is 11.7. The maximum absolute atomic E-state index is 12.4. The second kappa shape index (κ2) is 8.44. The molecular weight excluding hydrogens is 438 g/mol. The molecule has 0 amide bonds. The van der Waals surface area contributed by atoms with E-state index in [2.05, 4.69) is 29.6 Å². The van der Waals surface area contributed by atoms with Crippen LogP contribution < -0.4 is 10.1 Å². The van der Waals surface area contributed by atoms with Crippen molar-refractivity contribution in [3.63, 3.8) is 0 Å². The molecule has 0 fully saturated rings. The topological polar surface area (TPSA) is 75.6 Å². The van der Waals surface area contributed by atoms with E-state index in [1.165, 1.54) is 11.1 Å².